The summed E-state index contributed by atoms with van der Waals surface area (Å²) in [4.78, 5) is 124. The molecule has 0 fully saturated rings. The molecule has 6 atom stereocenters. The predicted molar refractivity (Wildman–Crippen MR) is 517 cm³/mol. The first-order valence-electron chi connectivity index (χ1n) is 47.3. The minimum Gasteiger partial charge on any atom is -0.390 e. The van der Waals surface area contributed by atoms with Gasteiger partial charge in [0.05, 0.1) is 36.4 Å². The van der Waals surface area contributed by atoms with E-state index in [2.05, 4.69) is 67.8 Å². The lowest BCUT2D eigenvalue weighted by molar-refractivity contribution is -0.128. The predicted octanol–water partition coefficient (Wildman–Crippen LogP) is 15.3. The zero-order valence-corrected chi connectivity index (χ0v) is 82.1. The molecule has 0 spiro atoms. The molecular weight excluding hydrogens is 1740 g/mol. The molecule has 0 radical (unpaired) electrons. The number of hydrazine groups is 3. The fourth-order valence-corrected chi connectivity index (χ4v) is 15.1. The molecule has 9 amide bonds. The number of amides is 9. The highest BCUT2D eigenvalue weighted by atomic mass is 19.2. The number of hydrogen-bond acceptors (Lipinski definition) is 15. The lowest BCUT2D eigenvalue weighted by Gasteiger charge is -2.31. The van der Waals surface area contributed by atoms with Gasteiger partial charge in [-0.2, -0.15) is 0 Å². The number of nitrogens with one attached hydrogen (secondary N) is 6. The standard InChI is InChI=1S/C36H50F2N4O4.C35H48F2N4O4.C34H46F2N4O4/c1-7-11-15-42(40-34(44)16-25(5)6)24-33(43)32(21-27-19-30(37)23-31(38)20-27)39-35(45)28-17-26(12-8-2)18-29(22-28)36(46)41(13-9-3)14-10-4;1-7-11-25-16-27(21-28(17-25)35(45)40(12-8-2)13-9-3)34(44)38-31(20-26-18-29(36)22-30(37)19-26)32(42)23-41(14-10-4)39-33(43)15-24(5)6;1-7-11-24-15-26(20-27(16-24)34(44)39(12-8-2)13-9-3)33(43)37-30(19-25-17-28(35)21-29(36)18-25)31(41)22-40(10-4)38-32(42)14-23(5)6/h17-20,22-23,25,32-33,43H,7,9-11,13-16,21,24H2,1-6H3,(H,39,45)(H,40,44);16-19,21-22,24,31-32,42H,8-10,12-15,20,23H2,1-6H3,(H,38,44)(H,39,43);15-18,20-21,23,30-31,41H,8-10,12-14,19,22H2,1-6H3,(H,37,43)(H,38,42). The molecule has 0 saturated heterocycles. The van der Waals surface area contributed by atoms with Crippen molar-refractivity contribution in [1.82, 2.24) is 62.0 Å². The number of hydrogen-bond donors (Lipinski definition) is 9. The number of carbonyl (C=O) groups is 9. The van der Waals surface area contributed by atoms with E-state index in [1.165, 1.54) is 23.2 Å². The third-order valence-electron chi connectivity index (χ3n) is 20.9. The van der Waals surface area contributed by atoms with E-state index in [4.69, 9.17) is 0 Å². The van der Waals surface area contributed by atoms with Crippen LogP contribution in [0.15, 0.2) is 109 Å². The maximum absolute atomic E-state index is 14.1. The van der Waals surface area contributed by atoms with Crippen molar-refractivity contribution >= 4 is 53.2 Å². The molecule has 0 aliphatic heterocycles. The van der Waals surface area contributed by atoms with E-state index in [-0.39, 0.29) is 125 Å². The number of nitrogens with zero attached hydrogens (tertiary/aromatic N) is 6. The number of halogens is 6. The SMILES string of the molecule is CC#Cc1cc(C(=O)NC(Cc2cc(F)cc(F)c2)C(O)CN(CC)NC(=O)CC(C)C)cc(C(=O)N(CCC)CCC)c1.CC#Cc1cc(C(=O)NC(Cc2cc(F)cc(F)c2)C(O)CN(CCC)NC(=O)CC(C)C)cc(C(=O)N(CCC)CCC)c1.CC#Cc1cc(C(=O)NC(Cc2cc(F)cc(F)c2)C(O)CN(CCCC)NC(=O)CC(C)C)cc(C(=O)N(CCC)CCC)c1. The molecule has 0 heterocycles. The second-order valence-corrected chi connectivity index (χ2v) is 35.0. The molecule has 0 aliphatic rings. The molecule has 9 N–H and O–H groups in total. The maximum atomic E-state index is 14.1. The van der Waals surface area contributed by atoms with Crippen molar-refractivity contribution in [3.8, 4) is 35.5 Å². The molecule has 135 heavy (non-hydrogen) atoms. The van der Waals surface area contributed by atoms with Crippen molar-refractivity contribution in [2.45, 2.75) is 257 Å². The van der Waals surface area contributed by atoms with Crippen LogP contribution >= 0.6 is 0 Å². The summed E-state index contributed by atoms with van der Waals surface area (Å²) in [5, 5.41) is 47.4. The molecule has 0 aromatic heterocycles. The monoisotopic (exact) mass is 1880 g/mol. The van der Waals surface area contributed by atoms with Crippen LogP contribution < -0.4 is 32.2 Å². The third kappa shape index (κ3) is 42.6. The molecular formula is C105H144F6N12O12. The Morgan fingerprint density at radius 2 is 0.548 bits per heavy atom. The molecule has 30 heteroatoms. The quantitative estimate of drug-likeness (QED) is 0.00974. The Morgan fingerprint density at radius 3 is 0.778 bits per heavy atom. The van der Waals surface area contributed by atoms with Crippen molar-refractivity contribution < 1.29 is 84.8 Å². The Bertz CT molecular complexity index is 4960. The lowest BCUT2D eigenvalue weighted by atomic mass is 9.99. The van der Waals surface area contributed by atoms with E-state index in [1.54, 1.807) is 88.8 Å². The average Bonchev–Trinajstić information content (AvgIpc) is 0.823. The fourth-order valence-electron chi connectivity index (χ4n) is 15.1. The number of carbonyl (C=O) groups excluding carboxylic acids is 9. The number of benzene rings is 6. The molecule has 6 rings (SSSR count). The van der Waals surface area contributed by atoms with Crippen molar-refractivity contribution in [2.75, 3.05) is 78.5 Å². The molecule has 0 bridgehead atoms. The normalized spacial score (nSPS) is 12.3. The number of aliphatic hydroxyl groups is 3. The number of rotatable bonds is 51. The van der Waals surface area contributed by atoms with Gasteiger partial charge in [0, 0.05) is 166 Å². The topological polar surface area (TPSA) is 306 Å². The van der Waals surface area contributed by atoms with E-state index >= 15 is 0 Å². The summed E-state index contributed by atoms with van der Waals surface area (Å²) >= 11 is 0. The van der Waals surface area contributed by atoms with Crippen LogP contribution in [0, 0.1) is 88.2 Å². The second-order valence-electron chi connectivity index (χ2n) is 35.0. The second kappa shape index (κ2) is 61.5. The van der Waals surface area contributed by atoms with Gasteiger partial charge in [-0.05, 0) is 217 Å². The molecule has 0 saturated carbocycles. The summed E-state index contributed by atoms with van der Waals surface area (Å²) in [6.45, 7) is 38.7. The number of likely N-dealkylation sites (N-methyl/N-ethyl adjacent to an activating group) is 1. The minimum absolute atomic E-state index is 0.0410. The highest BCUT2D eigenvalue weighted by molar-refractivity contribution is 6.02. The molecule has 6 unspecified atom stereocenters. The first-order valence-corrected chi connectivity index (χ1v) is 47.3. The van der Waals surface area contributed by atoms with Crippen LogP contribution in [0.4, 0.5) is 26.3 Å². The van der Waals surface area contributed by atoms with Gasteiger partial charge in [0.1, 0.15) is 34.9 Å². The van der Waals surface area contributed by atoms with Gasteiger partial charge < -0.3 is 46.0 Å². The molecule has 738 valence electrons. The Labute approximate surface area is 796 Å². The highest BCUT2D eigenvalue weighted by Gasteiger charge is 2.32. The Balaban J connectivity index is 0.000000423. The molecule has 24 nitrogen and oxygen atoms in total. The molecule has 6 aromatic carbocycles. The van der Waals surface area contributed by atoms with E-state index < -0.39 is 89.1 Å². The van der Waals surface area contributed by atoms with Crippen LogP contribution in [0.5, 0.6) is 0 Å². The van der Waals surface area contributed by atoms with Gasteiger partial charge in [0.25, 0.3) is 35.4 Å². The zero-order valence-electron chi connectivity index (χ0n) is 82.1. The summed E-state index contributed by atoms with van der Waals surface area (Å²) in [5.41, 5.74) is 12.0. The average molecular weight is 1880 g/mol. The van der Waals surface area contributed by atoms with Crippen molar-refractivity contribution in [1.29, 1.82) is 0 Å². The van der Waals surface area contributed by atoms with E-state index in [1.807, 2.05) is 96.9 Å². The van der Waals surface area contributed by atoms with Crippen molar-refractivity contribution in [2.24, 2.45) is 17.8 Å². The van der Waals surface area contributed by atoms with Gasteiger partial charge in [0.2, 0.25) is 17.7 Å². The molecule has 0 aliphatic carbocycles. The van der Waals surface area contributed by atoms with E-state index in [0.717, 1.165) is 106 Å². The van der Waals surface area contributed by atoms with Crippen LogP contribution in [0.1, 0.15) is 297 Å². The van der Waals surface area contributed by atoms with Gasteiger partial charge >= 0.3 is 0 Å². The first-order chi connectivity index (χ1) is 64.2. The van der Waals surface area contributed by atoms with Crippen LogP contribution in [0.3, 0.4) is 0 Å². The van der Waals surface area contributed by atoms with Crippen molar-refractivity contribution in [3.63, 3.8) is 0 Å². The lowest BCUT2D eigenvalue weighted by Crippen LogP contribution is -2.53. The van der Waals surface area contributed by atoms with E-state index in [0.29, 0.717) is 118 Å². The summed E-state index contributed by atoms with van der Waals surface area (Å²) < 4.78 is 84.5. The maximum Gasteiger partial charge on any atom is 0.253 e. The van der Waals surface area contributed by atoms with Gasteiger partial charge in [0.15, 0.2) is 0 Å². The van der Waals surface area contributed by atoms with Crippen LogP contribution in [0.2, 0.25) is 0 Å². The van der Waals surface area contributed by atoms with Gasteiger partial charge in [-0.3, -0.25) is 59.4 Å². The zero-order chi connectivity index (χ0) is 101. The van der Waals surface area contributed by atoms with Crippen molar-refractivity contribution in [3.05, 3.63) is 211 Å². The fraction of sp³-hybridized carbons (Fsp3) is 0.514. The minimum atomic E-state index is -1.24. The summed E-state index contributed by atoms with van der Waals surface area (Å²) in [6, 6.07) is 20.2. The van der Waals surface area contributed by atoms with Crippen LogP contribution in [0.25, 0.3) is 0 Å². The molecule has 6 aromatic rings. The van der Waals surface area contributed by atoms with E-state index in [9.17, 15) is 84.8 Å². The van der Waals surface area contributed by atoms with Crippen LogP contribution in [-0.4, -0.2) is 213 Å². The largest absolute Gasteiger partial charge is 0.390 e. The third-order valence-corrected chi connectivity index (χ3v) is 20.9. The number of aliphatic hydroxyl groups excluding tert-OH is 3. The van der Waals surface area contributed by atoms with Crippen LogP contribution in [-0.2, 0) is 33.6 Å². The summed E-state index contributed by atoms with van der Waals surface area (Å²) in [6.07, 6.45) is 3.82. The first kappa shape index (κ1) is 116. The Kier molecular flexibility index (Phi) is 52.8. The smallest absolute Gasteiger partial charge is 0.253 e. The highest BCUT2D eigenvalue weighted by Crippen LogP contribution is 2.24. The Hall–Kier alpha value is -11.4. The summed E-state index contributed by atoms with van der Waals surface area (Å²) in [5.74, 6) is 9.84. The van der Waals surface area contributed by atoms with Gasteiger partial charge in [-0.25, -0.2) is 41.4 Å². The van der Waals surface area contributed by atoms with Gasteiger partial charge in [-0.1, -0.05) is 128 Å². The Morgan fingerprint density at radius 1 is 0.311 bits per heavy atom. The number of unbranched alkanes of at least 4 members (excludes halogenated alkanes) is 1. The van der Waals surface area contributed by atoms with Gasteiger partial charge in [-0.15, -0.1) is 17.8 Å². The summed E-state index contributed by atoms with van der Waals surface area (Å²) in [7, 11) is 0.